The first-order valence-electron chi connectivity index (χ1n) is 7.79. The van der Waals surface area contributed by atoms with Gasteiger partial charge in [-0.2, -0.15) is 12.6 Å². The van der Waals surface area contributed by atoms with Gasteiger partial charge in [-0.25, -0.2) is 4.98 Å². The maximum atomic E-state index is 4.77. The third-order valence-corrected chi connectivity index (χ3v) is 4.91. The molecule has 116 valence electrons. The fourth-order valence-electron chi connectivity index (χ4n) is 2.91. The summed E-state index contributed by atoms with van der Waals surface area (Å²) < 4.78 is 2.21. The van der Waals surface area contributed by atoms with Gasteiger partial charge in [0.05, 0.1) is 11.0 Å². The zero-order valence-corrected chi connectivity index (χ0v) is 14.3. The molecule has 0 spiro atoms. The van der Waals surface area contributed by atoms with E-state index in [4.69, 9.17) is 4.98 Å². The van der Waals surface area contributed by atoms with Gasteiger partial charge in [0.25, 0.3) is 0 Å². The Morgan fingerprint density at radius 2 is 2.09 bits per heavy atom. The number of anilines is 1. The first-order chi connectivity index (χ1) is 10.6. The lowest BCUT2D eigenvalue weighted by molar-refractivity contribution is 0.366. The normalized spacial score (nSPS) is 20.9. The first-order valence-corrected chi connectivity index (χ1v) is 8.42. The third-order valence-electron chi connectivity index (χ3n) is 4.71. The molecule has 0 amide bonds. The molecule has 0 saturated carbocycles. The molecule has 1 heterocycles. The number of nitrogens with zero attached hydrogens (tertiary/aromatic N) is 2. The van der Waals surface area contributed by atoms with Crippen molar-refractivity contribution in [1.82, 2.24) is 9.55 Å². The smallest absolute Gasteiger partial charge is 0.208 e. The van der Waals surface area contributed by atoms with Crippen LogP contribution in [0.1, 0.15) is 20.8 Å². The minimum absolute atomic E-state index is 0.0317. The van der Waals surface area contributed by atoms with Crippen LogP contribution in [0.4, 0.5) is 5.95 Å². The van der Waals surface area contributed by atoms with E-state index in [1.54, 1.807) is 0 Å². The van der Waals surface area contributed by atoms with Gasteiger partial charge in [0, 0.05) is 23.4 Å². The number of imidazole rings is 1. The van der Waals surface area contributed by atoms with Gasteiger partial charge in [0.15, 0.2) is 0 Å². The summed E-state index contributed by atoms with van der Waals surface area (Å²) >= 11 is 4.39. The zero-order chi connectivity index (χ0) is 15.7. The van der Waals surface area contributed by atoms with Crippen LogP contribution >= 0.6 is 12.6 Å². The molecule has 3 rings (SSSR count). The van der Waals surface area contributed by atoms with Crippen molar-refractivity contribution in [2.75, 3.05) is 11.1 Å². The van der Waals surface area contributed by atoms with Crippen LogP contribution in [0.5, 0.6) is 0 Å². The van der Waals surface area contributed by atoms with E-state index < -0.39 is 0 Å². The summed E-state index contributed by atoms with van der Waals surface area (Å²) in [6, 6.07) is 8.24. The van der Waals surface area contributed by atoms with Crippen molar-refractivity contribution in [2.24, 2.45) is 11.3 Å². The van der Waals surface area contributed by atoms with E-state index in [2.05, 4.69) is 79.7 Å². The maximum absolute atomic E-state index is 4.77. The average Bonchev–Trinajstić information content (AvgIpc) is 3.03. The maximum Gasteiger partial charge on any atom is 0.208 e. The molecule has 0 fully saturated rings. The zero-order valence-electron chi connectivity index (χ0n) is 13.4. The summed E-state index contributed by atoms with van der Waals surface area (Å²) in [6.45, 7) is 7.61. The Labute approximate surface area is 137 Å². The van der Waals surface area contributed by atoms with Crippen LogP contribution in [-0.4, -0.2) is 15.3 Å². The lowest BCUT2D eigenvalue weighted by atomic mass is 9.78. The predicted octanol–water partition coefficient (Wildman–Crippen LogP) is 4.49. The Morgan fingerprint density at radius 3 is 2.82 bits per heavy atom. The van der Waals surface area contributed by atoms with Gasteiger partial charge in [-0.3, -0.25) is 0 Å². The fraction of sp³-hybridized carbons (Fsp3) is 0.389. The summed E-state index contributed by atoms with van der Waals surface area (Å²) in [6.07, 6.45) is 6.56. The van der Waals surface area contributed by atoms with E-state index in [1.165, 1.54) is 5.70 Å². The van der Waals surface area contributed by atoms with Crippen molar-refractivity contribution >= 4 is 29.6 Å². The number of hydrogen-bond acceptors (Lipinski definition) is 3. The number of aromatic nitrogens is 2. The van der Waals surface area contributed by atoms with Crippen molar-refractivity contribution in [2.45, 2.75) is 27.3 Å². The standard InChI is InChI=1S/C18H23N3S/c1-13(2)18(3)10-6-9-16(18)20-17-19-14-7-4-5-8-15(14)21(17)11-12-22/h4-10,13,22H,11-12H2,1-3H3,(H,19,20). The summed E-state index contributed by atoms with van der Waals surface area (Å²) in [5, 5.41) is 3.57. The number of fused-ring (bicyclic) bond motifs is 1. The Balaban J connectivity index is 1.99. The third kappa shape index (κ3) is 2.45. The van der Waals surface area contributed by atoms with Crippen molar-refractivity contribution < 1.29 is 0 Å². The first kappa shape index (κ1) is 15.2. The van der Waals surface area contributed by atoms with Gasteiger partial charge in [-0.05, 0) is 24.1 Å². The molecule has 0 radical (unpaired) electrons. The SMILES string of the molecule is CC(C)C1(C)C=CC=C1Nc1nc2ccccc2n1CCS. The molecular formula is C18H23N3S. The number of benzene rings is 1. The van der Waals surface area contributed by atoms with Crippen LogP contribution in [0.3, 0.4) is 0 Å². The molecule has 1 aromatic heterocycles. The summed E-state index contributed by atoms with van der Waals surface area (Å²) in [5.74, 6) is 2.21. The Kier molecular flexibility index (Phi) is 4.04. The van der Waals surface area contributed by atoms with Crippen molar-refractivity contribution in [1.29, 1.82) is 0 Å². The second-order valence-corrected chi connectivity index (χ2v) is 6.75. The minimum Gasteiger partial charge on any atom is -0.328 e. The molecule has 4 heteroatoms. The van der Waals surface area contributed by atoms with Crippen LogP contribution in [0, 0.1) is 11.3 Å². The Hall–Kier alpha value is -1.68. The minimum atomic E-state index is 0.0317. The number of hydrogen-bond donors (Lipinski definition) is 2. The molecule has 22 heavy (non-hydrogen) atoms. The van der Waals surface area contributed by atoms with Gasteiger partial charge in [0.2, 0.25) is 5.95 Å². The van der Waals surface area contributed by atoms with Crippen LogP contribution < -0.4 is 5.32 Å². The average molecular weight is 313 g/mol. The molecule has 1 N–H and O–H groups in total. The van der Waals surface area contributed by atoms with E-state index in [9.17, 15) is 0 Å². The highest BCUT2D eigenvalue weighted by atomic mass is 32.1. The fourth-order valence-corrected chi connectivity index (χ4v) is 3.11. The number of thiol groups is 1. The molecule has 1 aliphatic rings. The second kappa shape index (κ2) is 5.84. The molecular weight excluding hydrogens is 290 g/mol. The second-order valence-electron chi connectivity index (χ2n) is 6.30. The number of allylic oxidation sites excluding steroid dienone is 3. The Morgan fingerprint density at radius 1 is 1.32 bits per heavy atom. The quantitative estimate of drug-likeness (QED) is 0.796. The topological polar surface area (TPSA) is 29.9 Å². The number of aryl methyl sites for hydroxylation is 1. The lowest BCUT2D eigenvalue weighted by Gasteiger charge is -2.31. The molecule has 0 saturated heterocycles. The monoisotopic (exact) mass is 313 g/mol. The van der Waals surface area contributed by atoms with E-state index in [0.717, 1.165) is 29.3 Å². The van der Waals surface area contributed by atoms with Gasteiger partial charge >= 0.3 is 0 Å². The summed E-state index contributed by atoms with van der Waals surface area (Å²) in [4.78, 5) is 4.77. The van der Waals surface area contributed by atoms with Crippen molar-refractivity contribution in [3.05, 3.63) is 48.2 Å². The molecule has 3 nitrogen and oxygen atoms in total. The molecule has 1 unspecified atom stereocenters. The Bertz CT molecular complexity index is 742. The molecule has 2 aromatic rings. The van der Waals surface area contributed by atoms with E-state index in [0.29, 0.717) is 5.92 Å². The van der Waals surface area contributed by atoms with Gasteiger partial charge < -0.3 is 9.88 Å². The van der Waals surface area contributed by atoms with E-state index in [-0.39, 0.29) is 5.41 Å². The summed E-state index contributed by atoms with van der Waals surface area (Å²) in [5.41, 5.74) is 3.41. The highest BCUT2D eigenvalue weighted by Crippen LogP contribution is 2.40. The predicted molar refractivity (Wildman–Crippen MR) is 97.4 cm³/mol. The van der Waals surface area contributed by atoms with Gasteiger partial charge in [-0.15, -0.1) is 0 Å². The highest BCUT2D eigenvalue weighted by Gasteiger charge is 2.33. The van der Waals surface area contributed by atoms with Gasteiger partial charge in [-0.1, -0.05) is 45.1 Å². The molecule has 0 bridgehead atoms. The molecule has 1 aromatic carbocycles. The van der Waals surface area contributed by atoms with Crippen LogP contribution in [0.15, 0.2) is 48.2 Å². The van der Waals surface area contributed by atoms with Crippen LogP contribution in [-0.2, 0) is 6.54 Å². The van der Waals surface area contributed by atoms with Crippen molar-refractivity contribution in [3.8, 4) is 0 Å². The van der Waals surface area contributed by atoms with Crippen LogP contribution in [0.2, 0.25) is 0 Å². The molecule has 1 aliphatic carbocycles. The van der Waals surface area contributed by atoms with E-state index in [1.807, 2.05) is 6.07 Å². The number of nitrogens with one attached hydrogen (secondary N) is 1. The number of para-hydroxylation sites is 2. The van der Waals surface area contributed by atoms with Crippen molar-refractivity contribution in [3.63, 3.8) is 0 Å². The molecule has 1 atom stereocenters. The van der Waals surface area contributed by atoms with Crippen LogP contribution in [0.25, 0.3) is 11.0 Å². The molecule has 0 aliphatic heterocycles. The van der Waals surface area contributed by atoms with E-state index >= 15 is 0 Å². The number of rotatable bonds is 5. The highest BCUT2D eigenvalue weighted by molar-refractivity contribution is 7.80. The largest absolute Gasteiger partial charge is 0.328 e. The lowest BCUT2D eigenvalue weighted by Crippen LogP contribution is -2.26. The van der Waals surface area contributed by atoms with Gasteiger partial charge in [0.1, 0.15) is 0 Å². The summed E-state index contributed by atoms with van der Waals surface area (Å²) in [7, 11) is 0.